The van der Waals surface area contributed by atoms with Crippen LogP contribution >= 0.6 is 0 Å². The second-order valence-electron chi connectivity index (χ2n) is 6.45. The molecule has 146 valence electrons. The molecule has 0 atom stereocenters. The van der Waals surface area contributed by atoms with Gasteiger partial charge in [0.15, 0.2) is 11.5 Å². The summed E-state index contributed by atoms with van der Waals surface area (Å²) < 4.78 is 12.9. The lowest BCUT2D eigenvalue weighted by molar-refractivity contribution is -0.116. The largest absolute Gasteiger partial charge is 0.493 e. The third-order valence-electron chi connectivity index (χ3n) is 4.54. The minimum atomic E-state index is -0.110. The van der Waals surface area contributed by atoms with Crippen molar-refractivity contribution in [2.24, 2.45) is 0 Å². The number of nitrogens with zero attached hydrogens (tertiary/aromatic N) is 2. The highest BCUT2D eigenvalue weighted by Gasteiger charge is 2.07. The maximum absolute atomic E-state index is 12.2. The van der Waals surface area contributed by atoms with Gasteiger partial charge in [0.1, 0.15) is 6.33 Å². The Kier molecular flexibility index (Phi) is 5.42. The molecule has 4 rings (SSSR count). The van der Waals surface area contributed by atoms with Gasteiger partial charge in [-0.3, -0.25) is 9.36 Å². The van der Waals surface area contributed by atoms with Crippen LogP contribution < -0.4 is 14.8 Å². The Morgan fingerprint density at radius 2 is 1.69 bits per heavy atom. The third-order valence-corrected chi connectivity index (χ3v) is 4.54. The molecule has 1 amide bonds. The first-order valence-electron chi connectivity index (χ1n) is 9.33. The van der Waals surface area contributed by atoms with Gasteiger partial charge in [-0.05, 0) is 48.5 Å². The quantitative estimate of drug-likeness (QED) is 0.509. The molecule has 0 fully saturated rings. The number of benzene rings is 3. The number of methoxy groups -OCH3 is 1. The number of carbonyl (C=O) groups is 1. The van der Waals surface area contributed by atoms with Crippen LogP contribution in [0.25, 0.3) is 16.7 Å². The molecule has 6 heteroatoms. The molecular weight excluding hydrogens is 366 g/mol. The van der Waals surface area contributed by atoms with E-state index in [9.17, 15) is 4.79 Å². The number of fused-ring (bicyclic) bond motifs is 1. The summed E-state index contributed by atoms with van der Waals surface area (Å²) in [5.41, 5.74) is 3.70. The van der Waals surface area contributed by atoms with Crippen LogP contribution in [0.15, 0.2) is 79.1 Å². The van der Waals surface area contributed by atoms with Gasteiger partial charge in [0.2, 0.25) is 5.91 Å². The van der Waals surface area contributed by atoms with Gasteiger partial charge in [0.05, 0.1) is 31.2 Å². The Balaban J connectivity index is 1.34. The van der Waals surface area contributed by atoms with Crippen molar-refractivity contribution in [3.63, 3.8) is 0 Å². The maximum Gasteiger partial charge on any atom is 0.227 e. The summed E-state index contributed by atoms with van der Waals surface area (Å²) in [6.07, 6.45) is 2.04. The number of anilines is 1. The molecule has 1 heterocycles. The lowest BCUT2D eigenvalue weighted by Crippen LogP contribution is -2.15. The number of amides is 1. The van der Waals surface area contributed by atoms with E-state index in [0.29, 0.717) is 11.5 Å². The summed E-state index contributed by atoms with van der Waals surface area (Å²) >= 11 is 0. The number of imidazole rings is 1. The molecule has 0 spiro atoms. The molecule has 4 aromatic rings. The lowest BCUT2D eigenvalue weighted by Gasteiger charge is -2.11. The highest BCUT2D eigenvalue weighted by molar-refractivity contribution is 5.91. The molecule has 0 radical (unpaired) electrons. The third kappa shape index (κ3) is 4.21. The fourth-order valence-electron chi connectivity index (χ4n) is 3.09. The summed E-state index contributed by atoms with van der Waals surface area (Å²) in [7, 11) is 1.59. The average molecular weight is 387 g/mol. The summed E-state index contributed by atoms with van der Waals surface area (Å²) in [5, 5.41) is 2.89. The van der Waals surface area contributed by atoms with E-state index < -0.39 is 0 Å². The molecule has 29 heavy (non-hydrogen) atoms. The smallest absolute Gasteiger partial charge is 0.227 e. The van der Waals surface area contributed by atoms with E-state index in [0.717, 1.165) is 22.4 Å². The Morgan fingerprint density at radius 3 is 2.48 bits per heavy atom. The van der Waals surface area contributed by atoms with Gasteiger partial charge in [0.25, 0.3) is 0 Å². The highest BCUT2D eigenvalue weighted by atomic mass is 16.5. The van der Waals surface area contributed by atoms with E-state index in [1.165, 1.54) is 0 Å². The van der Waals surface area contributed by atoms with E-state index in [1.807, 2.05) is 77.4 Å². The van der Waals surface area contributed by atoms with Crippen LogP contribution in [-0.2, 0) is 4.79 Å². The van der Waals surface area contributed by atoms with Gasteiger partial charge in [0, 0.05) is 11.4 Å². The van der Waals surface area contributed by atoms with Crippen molar-refractivity contribution < 1.29 is 14.3 Å². The minimum Gasteiger partial charge on any atom is -0.493 e. The van der Waals surface area contributed by atoms with Crippen LogP contribution in [0.2, 0.25) is 0 Å². The van der Waals surface area contributed by atoms with Crippen molar-refractivity contribution >= 4 is 22.6 Å². The van der Waals surface area contributed by atoms with Crippen molar-refractivity contribution in [1.82, 2.24) is 9.55 Å². The number of hydrogen-bond donors (Lipinski definition) is 1. The first kappa shape index (κ1) is 18.6. The Labute approximate surface area is 168 Å². The fraction of sp³-hybridized carbons (Fsp3) is 0.130. The molecule has 0 bridgehead atoms. The van der Waals surface area contributed by atoms with Gasteiger partial charge >= 0.3 is 0 Å². The monoisotopic (exact) mass is 387 g/mol. The number of hydrogen-bond acceptors (Lipinski definition) is 4. The average Bonchev–Trinajstić information content (AvgIpc) is 3.19. The number of aromatic nitrogens is 2. The summed E-state index contributed by atoms with van der Waals surface area (Å²) in [4.78, 5) is 16.6. The van der Waals surface area contributed by atoms with Crippen LogP contribution in [0, 0.1) is 0 Å². The van der Waals surface area contributed by atoms with E-state index >= 15 is 0 Å². The lowest BCUT2D eigenvalue weighted by atomic mass is 10.2. The number of nitrogens with one attached hydrogen (secondary N) is 1. The van der Waals surface area contributed by atoms with E-state index in [4.69, 9.17) is 9.47 Å². The van der Waals surface area contributed by atoms with E-state index in [-0.39, 0.29) is 18.9 Å². The van der Waals surface area contributed by atoms with Crippen molar-refractivity contribution in [3.05, 3.63) is 79.1 Å². The summed E-state index contributed by atoms with van der Waals surface area (Å²) in [5.74, 6) is 1.16. The summed E-state index contributed by atoms with van der Waals surface area (Å²) in [6, 6.07) is 23.0. The Bertz CT molecular complexity index is 1120. The molecule has 0 saturated heterocycles. The zero-order valence-corrected chi connectivity index (χ0v) is 16.0. The van der Waals surface area contributed by atoms with Crippen LogP contribution in [0.1, 0.15) is 6.42 Å². The molecule has 0 aliphatic heterocycles. The van der Waals surface area contributed by atoms with Crippen molar-refractivity contribution in [1.29, 1.82) is 0 Å². The first-order chi connectivity index (χ1) is 14.2. The standard InChI is InChI=1S/C23H21N3O3/c1-28-21-8-4-5-9-22(21)29-15-14-23(27)25-17-10-12-18(13-11-17)26-16-24-19-6-2-3-7-20(19)26/h2-13,16H,14-15H2,1H3,(H,25,27). The second kappa shape index (κ2) is 8.48. The SMILES string of the molecule is COc1ccccc1OCCC(=O)Nc1ccc(-n2cnc3ccccc32)cc1. The number of ether oxygens (including phenoxy) is 2. The van der Waals surface area contributed by atoms with Gasteiger partial charge in [-0.15, -0.1) is 0 Å². The molecule has 0 unspecified atom stereocenters. The Morgan fingerprint density at radius 1 is 0.966 bits per heavy atom. The van der Waals surface area contributed by atoms with Gasteiger partial charge < -0.3 is 14.8 Å². The molecule has 6 nitrogen and oxygen atoms in total. The van der Waals surface area contributed by atoms with Gasteiger partial charge in [-0.25, -0.2) is 4.98 Å². The minimum absolute atomic E-state index is 0.110. The zero-order chi connectivity index (χ0) is 20.1. The predicted molar refractivity (Wildman–Crippen MR) is 113 cm³/mol. The van der Waals surface area contributed by atoms with Crippen LogP contribution in [0.3, 0.4) is 0 Å². The van der Waals surface area contributed by atoms with Crippen molar-refractivity contribution in [2.75, 3.05) is 19.0 Å². The molecule has 0 saturated carbocycles. The second-order valence-corrected chi connectivity index (χ2v) is 6.45. The highest BCUT2D eigenvalue weighted by Crippen LogP contribution is 2.26. The molecule has 1 N–H and O–H groups in total. The van der Waals surface area contributed by atoms with Crippen LogP contribution in [0.4, 0.5) is 5.69 Å². The van der Waals surface area contributed by atoms with E-state index in [1.54, 1.807) is 13.4 Å². The maximum atomic E-state index is 12.2. The predicted octanol–water partition coefficient (Wildman–Crippen LogP) is 4.44. The van der Waals surface area contributed by atoms with Crippen molar-refractivity contribution in [3.8, 4) is 17.2 Å². The molecule has 0 aliphatic carbocycles. The topological polar surface area (TPSA) is 65.4 Å². The van der Waals surface area contributed by atoms with E-state index in [2.05, 4.69) is 10.3 Å². The van der Waals surface area contributed by atoms with Crippen LogP contribution in [0.5, 0.6) is 11.5 Å². The summed E-state index contributed by atoms with van der Waals surface area (Å²) in [6.45, 7) is 0.269. The Hall–Kier alpha value is -3.80. The first-order valence-corrected chi connectivity index (χ1v) is 9.33. The van der Waals surface area contributed by atoms with Crippen molar-refractivity contribution in [2.45, 2.75) is 6.42 Å². The zero-order valence-electron chi connectivity index (χ0n) is 16.0. The number of rotatable bonds is 7. The number of carbonyl (C=O) groups excluding carboxylic acids is 1. The van der Waals surface area contributed by atoms with Gasteiger partial charge in [-0.2, -0.15) is 0 Å². The van der Waals surface area contributed by atoms with Gasteiger partial charge in [-0.1, -0.05) is 24.3 Å². The number of para-hydroxylation sites is 4. The molecule has 1 aromatic heterocycles. The molecular formula is C23H21N3O3. The molecule has 3 aromatic carbocycles. The fourth-order valence-corrected chi connectivity index (χ4v) is 3.09. The van der Waals surface area contributed by atoms with Crippen LogP contribution in [-0.4, -0.2) is 29.2 Å². The normalized spacial score (nSPS) is 10.7. The molecule has 0 aliphatic rings.